The molecule has 0 radical (unpaired) electrons. The molecule has 0 saturated carbocycles. The summed E-state index contributed by atoms with van der Waals surface area (Å²) in [6.07, 6.45) is -0.345. The number of esters is 1. The Bertz CT molecular complexity index is 894. The first-order chi connectivity index (χ1) is 12.3. The summed E-state index contributed by atoms with van der Waals surface area (Å²) in [6, 6.07) is 12.8. The van der Waals surface area contributed by atoms with Crippen LogP contribution in [0.3, 0.4) is 0 Å². The summed E-state index contributed by atoms with van der Waals surface area (Å²) in [5.74, 6) is -1.67. The van der Waals surface area contributed by atoms with Crippen LogP contribution in [0.25, 0.3) is 0 Å². The summed E-state index contributed by atoms with van der Waals surface area (Å²) in [6.45, 7) is 1.41. The molecule has 0 aromatic heterocycles. The van der Waals surface area contributed by atoms with E-state index >= 15 is 0 Å². The van der Waals surface area contributed by atoms with E-state index < -0.39 is 34.1 Å². The number of aryl methyl sites for hydroxylation is 1. The van der Waals surface area contributed by atoms with E-state index in [0.717, 1.165) is 5.56 Å². The van der Waals surface area contributed by atoms with Crippen LogP contribution in [0.5, 0.6) is 0 Å². The van der Waals surface area contributed by atoms with Crippen molar-refractivity contribution in [3.05, 3.63) is 59.1 Å². The standard InChI is InChI=1S/C18H18ClNO5S/c1-13-3-2-4-15(11-13)20-17(21)12-25-18(22)9-10-26(23,24)16-7-5-14(19)6-8-16/h2-8,11H,9-10,12H2,1H3,(H,20,21). The number of ether oxygens (including phenoxy) is 1. The fourth-order valence-corrected chi connectivity index (χ4v) is 3.46. The molecule has 0 spiro atoms. The maximum atomic E-state index is 12.1. The van der Waals surface area contributed by atoms with E-state index in [2.05, 4.69) is 5.32 Å². The minimum absolute atomic E-state index is 0.0758. The molecule has 0 aliphatic heterocycles. The highest BCUT2D eigenvalue weighted by Gasteiger charge is 2.17. The predicted octanol–water partition coefficient (Wildman–Crippen LogP) is 2.99. The van der Waals surface area contributed by atoms with Gasteiger partial charge in [0.05, 0.1) is 17.1 Å². The summed E-state index contributed by atoms with van der Waals surface area (Å²) < 4.78 is 29.1. The molecule has 138 valence electrons. The Morgan fingerprint density at radius 1 is 1.12 bits per heavy atom. The molecule has 2 aromatic rings. The molecule has 0 fully saturated rings. The molecule has 2 rings (SSSR count). The zero-order chi connectivity index (χ0) is 19.2. The van der Waals surface area contributed by atoms with Crippen LogP contribution in [0.15, 0.2) is 53.4 Å². The van der Waals surface area contributed by atoms with Crippen molar-refractivity contribution in [2.45, 2.75) is 18.2 Å². The lowest BCUT2D eigenvalue weighted by atomic mass is 10.2. The van der Waals surface area contributed by atoms with Gasteiger partial charge in [0.25, 0.3) is 5.91 Å². The molecule has 26 heavy (non-hydrogen) atoms. The third-order valence-electron chi connectivity index (χ3n) is 3.41. The van der Waals surface area contributed by atoms with Crippen LogP contribution < -0.4 is 5.32 Å². The van der Waals surface area contributed by atoms with Gasteiger partial charge < -0.3 is 10.1 Å². The third-order valence-corrected chi connectivity index (χ3v) is 5.40. The maximum Gasteiger partial charge on any atom is 0.307 e. The molecule has 1 amide bonds. The van der Waals surface area contributed by atoms with Crippen LogP contribution in [0.1, 0.15) is 12.0 Å². The Morgan fingerprint density at radius 3 is 2.46 bits per heavy atom. The summed E-state index contributed by atoms with van der Waals surface area (Å²) in [5.41, 5.74) is 1.57. The summed E-state index contributed by atoms with van der Waals surface area (Å²) >= 11 is 5.72. The lowest BCUT2D eigenvalue weighted by molar-refractivity contribution is -0.146. The molecule has 6 nitrogen and oxygen atoms in total. The second-order valence-electron chi connectivity index (χ2n) is 5.60. The van der Waals surface area contributed by atoms with E-state index in [0.29, 0.717) is 10.7 Å². The van der Waals surface area contributed by atoms with E-state index in [1.54, 1.807) is 18.2 Å². The highest BCUT2D eigenvalue weighted by atomic mass is 35.5. The van der Waals surface area contributed by atoms with Crippen LogP contribution in [0.4, 0.5) is 5.69 Å². The van der Waals surface area contributed by atoms with Gasteiger partial charge in [0.2, 0.25) is 0 Å². The Hall–Kier alpha value is -2.38. The molecule has 0 bridgehead atoms. The Labute approximate surface area is 157 Å². The third kappa shape index (κ3) is 6.16. The topological polar surface area (TPSA) is 89.5 Å². The van der Waals surface area contributed by atoms with Gasteiger partial charge in [0.15, 0.2) is 16.4 Å². The van der Waals surface area contributed by atoms with Gasteiger partial charge in [-0.15, -0.1) is 0 Å². The number of carbonyl (C=O) groups is 2. The number of hydrogen-bond acceptors (Lipinski definition) is 5. The first-order valence-electron chi connectivity index (χ1n) is 7.77. The number of sulfone groups is 1. The van der Waals surface area contributed by atoms with E-state index in [1.165, 1.54) is 24.3 Å². The number of benzene rings is 2. The molecule has 0 unspecified atom stereocenters. The fraction of sp³-hybridized carbons (Fsp3) is 0.222. The molecule has 0 heterocycles. The van der Waals surface area contributed by atoms with E-state index in [4.69, 9.17) is 16.3 Å². The largest absolute Gasteiger partial charge is 0.456 e. The molecule has 0 saturated heterocycles. The van der Waals surface area contributed by atoms with Gasteiger partial charge in [0.1, 0.15) is 0 Å². The van der Waals surface area contributed by atoms with Gasteiger partial charge in [-0.2, -0.15) is 0 Å². The van der Waals surface area contributed by atoms with Crippen LogP contribution >= 0.6 is 11.6 Å². The molecular weight excluding hydrogens is 378 g/mol. The normalized spacial score (nSPS) is 11.0. The van der Waals surface area contributed by atoms with Crippen molar-refractivity contribution >= 4 is 39.0 Å². The Kier molecular flexibility index (Phi) is 6.76. The first kappa shape index (κ1) is 19.9. The van der Waals surface area contributed by atoms with Gasteiger partial charge in [-0.05, 0) is 48.9 Å². The lowest BCUT2D eigenvalue weighted by Gasteiger charge is -2.08. The highest BCUT2D eigenvalue weighted by molar-refractivity contribution is 7.91. The monoisotopic (exact) mass is 395 g/mol. The quantitative estimate of drug-likeness (QED) is 0.728. The van der Waals surface area contributed by atoms with Crippen LogP contribution in [0, 0.1) is 6.92 Å². The van der Waals surface area contributed by atoms with E-state index in [-0.39, 0.29) is 11.3 Å². The molecule has 0 aliphatic rings. The SMILES string of the molecule is Cc1cccc(NC(=O)COC(=O)CCS(=O)(=O)c2ccc(Cl)cc2)c1. The number of rotatable bonds is 7. The average Bonchev–Trinajstić information content (AvgIpc) is 2.59. The number of amides is 1. The van der Waals surface area contributed by atoms with Gasteiger partial charge in [0, 0.05) is 10.7 Å². The Balaban J connectivity index is 1.79. The minimum Gasteiger partial charge on any atom is -0.456 e. The summed E-state index contributed by atoms with van der Waals surface area (Å²) in [4.78, 5) is 23.5. The number of halogens is 1. The summed E-state index contributed by atoms with van der Waals surface area (Å²) in [5, 5.41) is 3.01. The molecular formula is C18H18ClNO5S. The average molecular weight is 396 g/mol. The van der Waals surface area contributed by atoms with Crippen molar-refractivity contribution < 1.29 is 22.7 Å². The predicted molar refractivity (Wildman–Crippen MR) is 98.9 cm³/mol. The summed E-state index contributed by atoms with van der Waals surface area (Å²) in [7, 11) is -3.62. The molecule has 2 aromatic carbocycles. The van der Waals surface area contributed by atoms with Crippen molar-refractivity contribution in [1.82, 2.24) is 0 Å². The highest BCUT2D eigenvalue weighted by Crippen LogP contribution is 2.16. The number of anilines is 1. The lowest BCUT2D eigenvalue weighted by Crippen LogP contribution is -2.22. The van der Waals surface area contributed by atoms with Gasteiger partial charge in [-0.3, -0.25) is 9.59 Å². The number of nitrogens with one attached hydrogen (secondary N) is 1. The van der Waals surface area contributed by atoms with Crippen molar-refractivity contribution in [2.24, 2.45) is 0 Å². The molecule has 8 heteroatoms. The van der Waals surface area contributed by atoms with Crippen molar-refractivity contribution in [1.29, 1.82) is 0 Å². The van der Waals surface area contributed by atoms with Gasteiger partial charge in [-0.1, -0.05) is 23.7 Å². The minimum atomic E-state index is -3.62. The molecule has 1 N–H and O–H groups in total. The zero-order valence-corrected chi connectivity index (χ0v) is 15.6. The number of hydrogen-bond donors (Lipinski definition) is 1. The molecule has 0 atom stereocenters. The molecule has 0 aliphatic carbocycles. The van der Waals surface area contributed by atoms with Crippen LogP contribution in [-0.2, 0) is 24.2 Å². The van der Waals surface area contributed by atoms with Crippen molar-refractivity contribution in [3.8, 4) is 0 Å². The fourth-order valence-electron chi connectivity index (χ4n) is 2.12. The van der Waals surface area contributed by atoms with E-state index in [1.807, 2.05) is 13.0 Å². The van der Waals surface area contributed by atoms with Gasteiger partial charge >= 0.3 is 5.97 Å². The van der Waals surface area contributed by atoms with Crippen LogP contribution in [-0.4, -0.2) is 32.7 Å². The Morgan fingerprint density at radius 2 is 1.81 bits per heavy atom. The smallest absolute Gasteiger partial charge is 0.307 e. The zero-order valence-electron chi connectivity index (χ0n) is 14.1. The second-order valence-corrected chi connectivity index (χ2v) is 8.15. The van der Waals surface area contributed by atoms with Crippen molar-refractivity contribution in [3.63, 3.8) is 0 Å². The van der Waals surface area contributed by atoms with Gasteiger partial charge in [-0.25, -0.2) is 8.42 Å². The van der Waals surface area contributed by atoms with Crippen molar-refractivity contribution in [2.75, 3.05) is 17.7 Å². The maximum absolute atomic E-state index is 12.1. The van der Waals surface area contributed by atoms with Crippen LogP contribution in [0.2, 0.25) is 5.02 Å². The van der Waals surface area contributed by atoms with E-state index in [9.17, 15) is 18.0 Å². The number of carbonyl (C=O) groups excluding carboxylic acids is 2. The second kappa shape index (κ2) is 8.82. The first-order valence-corrected chi connectivity index (χ1v) is 9.80.